The number of halogens is 2. The van der Waals surface area contributed by atoms with E-state index in [4.69, 9.17) is 10.5 Å². The van der Waals surface area contributed by atoms with Crippen molar-refractivity contribution in [2.24, 2.45) is 0 Å². The standard InChI is InChI=1S/C14H11F2N3S/c1-9(12-3-2-11(15)6-13(12)16)19-4-5-20-14(19)10(7-17)8-18/h2-3,6,9H,4-5H2,1H3/t9-/m1/s1. The molecule has 0 radical (unpaired) electrons. The third-order valence-corrected chi connectivity index (χ3v) is 4.25. The van der Waals surface area contributed by atoms with Crippen LogP contribution in [0.25, 0.3) is 0 Å². The number of thioether (sulfide) groups is 1. The summed E-state index contributed by atoms with van der Waals surface area (Å²) in [6.07, 6.45) is 0. The molecule has 0 saturated carbocycles. The summed E-state index contributed by atoms with van der Waals surface area (Å²) in [7, 11) is 0. The van der Waals surface area contributed by atoms with Crippen LogP contribution < -0.4 is 0 Å². The second-order valence-electron chi connectivity index (χ2n) is 4.29. The number of hydrogen-bond donors (Lipinski definition) is 0. The molecule has 1 saturated heterocycles. The van der Waals surface area contributed by atoms with Crippen LogP contribution in [0, 0.1) is 34.3 Å². The van der Waals surface area contributed by atoms with Crippen LogP contribution in [0.3, 0.4) is 0 Å². The van der Waals surface area contributed by atoms with Gasteiger partial charge in [0.2, 0.25) is 0 Å². The van der Waals surface area contributed by atoms with Gasteiger partial charge < -0.3 is 4.90 Å². The van der Waals surface area contributed by atoms with Crippen molar-refractivity contribution in [2.45, 2.75) is 13.0 Å². The first-order valence-corrected chi connectivity index (χ1v) is 6.96. The fourth-order valence-corrected chi connectivity index (χ4v) is 3.27. The number of allylic oxidation sites excluding steroid dienone is 1. The van der Waals surface area contributed by atoms with E-state index in [2.05, 4.69) is 0 Å². The molecule has 0 aliphatic carbocycles. The molecule has 6 heteroatoms. The number of benzene rings is 1. The molecule has 1 atom stereocenters. The second kappa shape index (κ2) is 5.94. The monoisotopic (exact) mass is 291 g/mol. The summed E-state index contributed by atoms with van der Waals surface area (Å²) in [5.74, 6) is -0.515. The van der Waals surface area contributed by atoms with Crippen molar-refractivity contribution in [1.29, 1.82) is 10.5 Å². The summed E-state index contributed by atoms with van der Waals surface area (Å²) in [5, 5.41) is 18.5. The Morgan fingerprint density at radius 2 is 2.05 bits per heavy atom. The van der Waals surface area contributed by atoms with Crippen LogP contribution >= 0.6 is 11.8 Å². The summed E-state index contributed by atoms with van der Waals surface area (Å²) >= 11 is 1.40. The zero-order chi connectivity index (χ0) is 14.7. The minimum atomic E-state index is -0.625. The van der Waals surface area contributed by atoms with Crippen LogP contribution in [0.4, 0.5) is 8.78 Å². The zero-order valence-electron chi connectivity index (χ0n) is 10.7. The lowest BCUT2D eigenvalue weighted by atomic mass is 10.1. The van der Waals surface area contributed by atoms with E-state index in [-0.39, 0.29) is 11.6 Å². The van der Waals surface area contributed by atoms with E-state index in [9.17, 15) is 8.78 Å². The van der Waals surface area contributed by atoms with Crippen LogP contribution in [0.1, 0.15) is 18.5 Å². The first-order chi connectivity index (χ1) is 9.58. The Morgan fingerprint density at radius 3 is 2.65 bits per heavy atom. The molecular weight excluding hydrogens is 280 g/mol. The largest absolute Gasteiger partial charge is 0.357 e. The first kappa shape index (κ1) is 14.4. The molecule has 102 valence electrons. The lowest BCUT2D eigenvalue weighted by molar-refractivity contribution is 0.309. The van der Waals surface area contributed by atoms with E-state index in [1.54, 1.807) is 6.92 Å². The van der Waals surface area contributed by atoms with Gasteiger partial charge in [-0.25, -0.2) is 8.78 Å². The zero-order valence-corrected chi connectivity index (χ0v) is 11.5. The molecule has 1 aliphatic heterocycles. The van der Waals surface area contributed by atoms with Crippen molar-refractivity contribution in [1.82, 2.24) is 4.90 Å². The highest BCUT2D eigenvalue weighted by Crippen LogP contribution is 2.37. The fourth-order valence-electron chi connectivity index (χ4n) is 2.14. The summed E-state index contributed by atoms with van der Waals surface area (Å²) in [6.45, 7) is 2.39. The van der Waals surface area contributed by atoms with Crippen LogP contribution in [-0.4, -0.2) is 17.2 Å². The van der Waals surface area contributed by atoms with Crippen molar-refractivity contribution in [3.05, 3.63) is 46.0 Å². The van der Waals surface area contributed by atoms with E-state index in [0.717, 1.165) is 11.8 Å². The van der Waals surface area contributed by atoms with E-state index >= 15 is 0 Å². The highest BCUT2D eigenvalue weighted by atomic mass is 32.2. The molecule has 1 aromatic carbocycles. The highest BCUT2D eigenvalue weighted by molar-refractivity contribution is 8.03. The van der Waals surface area contributed by atoms with Crippen molar-refractivity contribution < 1.29 is 8.78 Å². The van der Waals surface area contributed by atoms with Gasteiger partial charge in [-0.2, -0.15) is 10.5 Å². The van der Waals surface area contributed by atoms with Gasteiger partial charge in [-0.15, -0.1) is 11.8 Å². The van der Waals surface area contributed by atoms with Gasteiger partial charge in [0.1, 0.15) is 28.8 Å². The Bertz CT molecular complexity index is 627. The second-order valence-corrected chi connectivity index (χ2v) is 5.37. The third-order valence-electron chi connectivity index (χ3n) is 3.15. The van der Waals surface area contributed by atoms with Crippen molar-refractivity contribution >= 4 is 11.8 Å². The predicted molar refractivity (Wildman–Crippen MR) is 72.2 cm³/mol. The molecule has 0 bridgehead atoms. The smallest absolute Gasteiger partial charge is 0.159 e. The van der Waals surface area contributed by atoms with Crippen LogP contribution in [-0.2, 0) is 0 Å². The average molecular weight is 291 g/mol. The topological polar surface area (TPSA) is 50.8 Å². The predicted octanol–water partition coefficient (Wildman–Crippen LogP) is 3.33. The van der Waals surface area contributed by atoms with Gasteiger partial charge in [-0.05, 0) is 13.0 Å². The minimum absolute atomic E-state index is 0.0295. The molecule has 1 aromatic rings. The molecular formula is C14H11F2N3S. The number of nitriles is 2. The molecule has 0 unspecified atom stereocenters. The molecule has 20 heavy (non-hydrogen) atoms. The molecule has 0 aromatic heterocycles. The van der Waals surface area contributed by atoms with Crippen LogP contribution in [0.5, 0.6) is 0 Å². The lowest BCUT2D eigenvalue weighted by Crippen LogP contribution is -2.24. The summed E-state index contributed by atoms with van der Waals surface area (Å²) in [6, 6.07) is 6.79. The van der Waals surface area contributed by atoms with Gasteiger partial charge in [-0.1, -0.05) is 6.07 Å². The van der Waals surface area contributed by atoms with E-state index in [1.807, 2.05) is 17.0 Å². The lowest BCUT2D eigenvalue weighted by Gasteiger charge is -2.27. The van der Waals surface area contributed by atoms with Gasteiger partial charge in [0.05, 0.1) is 6.04 Å². The summed E-state index contributed by atoms with van der Waals surface area (Å²) in [5.41, 5.74) is 0.378. The molecule has 1 aliphatic rings. The molecule has 1 heterocycles. The van der Waals surface area contributed by atoms with Crippen molar-refractivity contribution in [3.63, 3.8) is 0 Å². The molecule has 0 spiro atoms. The van der Waals surface area contributed by atoms with Gasteiger partial charge in [0.25, 0.3) is 0 Å². The van der Waals surface area contributed by atoms with Gasteiger partial charge >= 0.3 is 0 Å². The Labute approximate surface area is 120 Å². The molecule has 0 N–H and O–H groups in total. The van der Waals surface area contributed by atoms with Crippen molar-refractivity contribution in [2.75, 3.05) is 12.3 Å². The summed E-state index contributed by atoms with van der Waals surface area (Å²) < 4.78 is 26.8. The Kier molecular flexibility index (Phi) is 4.26. The fraction of sp³-hybridized carbons (Fsp3) is 0.286. The molecule has 0 amide bonds. The number of nitrogens with zero attached hydrogens (tertiary/aromatic N) is 3. The van der Waals surface area contributed by atoms with E-state index < -0.39 is 11.6 Å². The van der Waals surface area contributed by atoms with E-state index in [0.29, 0.717) is 17.1 Å². The minimum Gasteiger partial charge on any atom is -0.357 e. The third kappa shape index (κ3) is 2.61. The van der Waals surface area contributed by atoms with Gasteiger partial charge in [0.15, 0.2) is 5.57 Å². The number of rotatable bonds is 2. The molecule has 3 nitrogen and oxygen atoms in total. The Balaban J connectivity index is 2.38. The van der Waals surface area contributed by atoms with Crippen molar-refractivity contribution in [3.8, 4) is 12.1 Å². The quantitative estimate of drug-likeness (QED) is 0.784. The molecule has 2 rings (SSSR count). The SMILES string of the molecule is C[C@H](c1ccc(F)cc1F)N1CCSC1=C(C#N)C#N. The maximum Gasteiger partial charge on any atom is 0.159 e. The highest BCUT2D eigenvalue weighted by Gasteiger charge is 2.28. The van der Waals surface area contributed by atoms with E-state index in [1.165, 1.54) is 23.9 Å². The van der Waals surface area contributed by atoms with Gasteiger partial charge in [-0.3, -0.25) is 0 Å². The first-order valence-electron chi connectivity index (χ1n) is 5.97. The maximum absolute atomic E-state index is 13.8. The Morgan fingerprint density at radius 1 is 1.35 bits per heavy atom. The molecule has 1 fully saturated rings. The van der Waals surface area contributed by atoms with Crippen LogP contribution in [0.2, 0.25) is 0 Å². The summed E-state index contributed by atoms with van der Waals surface area (Å²) in [4.78, 5) is 1.81. The van der Waals surface area contributed by atoms with Gasteiger partial charge in [0, 0.05) is 23.9 Å². The van der Waals surface area contributed by atoms with Crippen LogP contribution in [0.15, 0.2) is 28.8 Å². The normalized spacial score (nSPS) is 15.7. The number of hydrogen-bond acceptors (Lipinski definition) is 4. The maximum atomic E-state index is 13.8. The Hall–Kier alpha value is -2.05. The average Bonchev–Trinajstić information content (AvgIpc) is 2.89.